The second kappa shape index (κ2) is 9.06. The molecule has 0 bridgehead atoms. The summed E-state index contributed by atoms with van der Waals surface area (Å²) in [6.07, 6.45) is 3.32. The van der Waals surface area contributed by atoms with Gasteiger partial charge in [0.2, 0.25) is 0 Å². The molecule has 0 aliphatic rings. The van der Waals surface area contributed by atoms with Crippen molar-refractivity contribution in [3.05, 3.63) is 101 Å². The third kappa shape index (κ3) is 5.22. The molecule has 4 heteroatoms. The Hall–Kier alpha value is -3.04. The number of benzene rings is 3. The molecule has 3 aromatic carbocycles. The lowest BCUT2D eigenvalue weighted by molar-refractivity contribution is 0.104. The van der Waals surface area contributed by atoms with Crippen molar-refractivity contribution in [3.63, 3.8) is 0 Å². The van der Waals surface area contributed by atoms with Crippen LogP contribution in [0.15, 0.2) is 78.9 Å². The van der Waals surface area contributed by atoms with Gasteiger partial charge in [0, 0.05) is 16.1 Å². The van der Waals surface area contributed by atoms with E-state index in [4.69, 9.17) is 21.1 Å². The van der Waals surface area contributed by atoms with E-state index in [-0.39, 0.29) is 5.78 Å². The molecule has 3 nitrogen and oxygen atoms in total. The Morgan fingerprint density at radius 1 is 0.963 bits per heavy atom. The van der Waals surface area contributed by atoms with E-state index in [0.29, 0.717) is 22.9 Å². The molecule has 0 N–H and O–H groups in total. The van der Waals surface area contributed by atoms with Gasteiger partial charge in [-0.2, -0.15) is 0 Å². The van der Waals surface area contributed by atoms with Gasteiger partial charge >= 0.3 is 0 Å². The van der Waals surface area contributed by atoms with Crippen molar-refractivity contribution in [2.75, 3.05) is 7.11 Å². The highest BCUT2D eigenvalue weighted by atomic mass is 35.5. The van der Waals surface area contributed by atoms with Crippen LogP contribution in [0.2, 0.25) is 5.02 Å². The maximum atomic E-state index is 12.4. The lowest BCUT2D eigenvalue weighted by atomic mass is 10.1. The molecule has 0 spiro atoms. The predicted molar refractivity (Wildman–Crippen MR) is 109 cm³/mol. The van der Waals surface area contributed by atoms with Gasteiger partial charge in [-0.3, -0.25) is 4.79 Å². The largest absolute Gasteiger partial charge is 0.497 e. The number of hydrogen-bond acceptors (Lipinski definition) is 3. The van der Waals surface area contributed by atoms with Gasteiger partial charge in [-0.05, 0) is 60.2 Å². The zero-order chi connectivity index (χ0) is 19.1. The molecule has 3 aromatic rings. The van der Waals surface area contributed by atoms with Crippen molar-refractivity contribution in [2.45, 2.75) is 6.61 Å². The summed E-state index contributed by atoms with van der Waals surface area (Å²) in [6, 6.07) is 22.1. The smallest absolute Gasteiger partial charge is 0.185 e. The molecule has 0 fully saturated rings. The zero-order valence-electron chi connectivity index (χ0n) is 14.9. The highest BCUT2D eigenvalue weighted by Gasteiger charge is 2.04. The van der Waals surface area contributed by atoms with Crippen molar-refractivity contribution >= 4 is 23.5 Å². The van der Waals surface area contributed by atoms with Crippen LogP contribution in [-0.4, -0.2) is 12.9 Å². The van der Waals surface area contributed by atoms with Gasteiger partial charge in [-0.1, -0.05) is 41.9 Å². The summed E-state index contributed by atoms with van der Waals surface area (Å²) in [6.45, 7) is 0.425. The number of carbonyl (C=O) groups is 1. The summed E-state index contributed by atoms with van der Waals surface area (Å²) in [5.74, 6) is 1.35. The fraction of sp³-hybridized carbons (Fsp3) is 0.0870. The van der Waals surface area contributed by atoms with Gasteiger partial charge < -0.3 is 9.47 Å². The van der Waals surface area contributed by atoms with Gasteiger partial charge in [0.05, 0.1) is 7.11 Å². The number of allylic oxidation sites excluding steroid dienone is 1. The van der Waals surface area contributed by atoms with Crippen LogP contribution >= 0.6 is 11.6 Å². The van der Waals surface area contributed by atoms with E-state index in [1.54, 1.807) is 43.5 Å². The minimum absolute atomic E-state index is 0.0786. The van der Waals surface area contributed by atoms with Crippen molar-refractivity contribution in [1.29, 1.82) is 0 Å². The molecule has 0 aliphatic heterocycles. The molecule has 3 rings (SSSR count). The second-order valence-electron chi connectivity index (χ2n) is 5.88. The van der Waals surface area contributed by atoms with Gasteiger partial charge in [0.25, 0.3) is 0 Å². The van der Waals surface area contributed by atoms with E-state index < -0.39 is 0 Å². The van der Waals surface area contributed by atoms with Crippen molar-refractivity contribution in [3.8, 4) is 11.5 Å². The number of para-hydroxylation sites is 1. The lowest BCUT2D eigenvalue weighted by Crippen LogP contribution is -1.97. The molecule has 0 amide bonds. The van der Waals surface area contributed by atoms with Crippen LogP contribution in [-0.2, 0) is 6.61 Å². The first-order valence-electron chi connectivity index (χ1n) is 8.48. The zero-order valence-corrected chi connectivity index (χ0v) is 15.6. The molecule has 0 aromatic heterocycles. The normalized spacial score (nSPS) is 10.7. The van der Waals surface area contributed by atoms with E-state index in [1.165, 1.54) is 0 Å². The topological polar surface area (TPSA) is 35.5 Å². The Kier molecular flexibility index (Phi) is 6.29. The minimum Gasteiger partial charge on any atom is -0.497 e. The first kappa shape index (κ1) is 18.7. The molecule has 27 heavy (non-hydrogen) atoms. The van der Waals surface area contributed by atoms with Crippen molar-refractivity contribution in [2.24, 2.45) is 0 Å². The van der Waals surface area contributed by atoms with Crippen LogP contribution in [0.1, 0.15) is 21.5 Å². The van der Waals surface area contributed by atoms with Crippen LogP contribution in [0.5, 0.6) is 11.5 Å². The molecule has 0 radical (unpaired) electrons. The number of ether oxygens (including phenoxy) is 2. The van der Waals surface area contributed by atoms with E-state index in [1.807, 2.05) is 48.5 Å². The average molecular weight is 379 g/mol. The van der Waals surface area contributed by atoms with Crippen molar-refractivity contribution < 1.29 is 14.3 Å². The number of hydrogen-bond donors (Lipinski definition) is 0. The molecule has 136 valence electrons. The van der Waals surface area contributed by atoms with Gasteiger partial charge in [-0.25, -0.2) is 0 Å². The first-order chi connectivity index (χ1) is 13.2. The van der Waals surface area contributed by atoms with Gasteiger partial charge in [0.15, 0.2) is 5.78 Å². The molecule has 0 heterocycles. The molecule has 0 unspecified atom stereocenters. The van der Waals surface area contributed by atoms with Crippen LogP contribution in [0.25, 0.3) is 6.08 Å². The lowest BCUT2D eigenvalue weighted by Gasteiger charge is -2.09. The highest BCUT2D eigenvalue weighted by molar-refractivity contribution is 6.30. The Bertz CT molecular complexity index is 929. The number of ketones is 1. The van der Waals surface area contributed by atoms with Crippen LogP contribution in [0, 0.1) is 0 Å². The fourth-order valence-corrected chi connectivity index (χ4v) is 2.63. The highest BCUT2D eigenvalue weighted by Crippen LogP contribution is 2.22. The summed E-state index contributed by atoms with van der Waals surface area (Å²) < 4.78 is 11.0. The van der Waals surface area contributed by atoms with E-state index in [9.17, 15) is 4.79 Å². The van der Waals surface area contributed by atoms with E-state index in [0.717, 1.165) is 16.9 Å². The number of methoxy groups -OCH3 is 1. The third-order valence-electron chi connectivity index (χ3n) is 4.02. The molecule has 0 atom stereocenters. The molecular weight excluding hydrogens is 360 g/mol. The SMILES string of the molecule is COc1ccc(C(=O)/C=C/c2ccccc2OCc2ccc(Cl)cc2)cc1. The van der Waals surface area contributed by atoms with Crippen molar-refractivity contribution in [1.82, 2.24) is 0 Å². The predicted octanol–water partition coefficient (Wildman–Crippen LogP) is 5.82. The maximum absolute atomic E-state index is 12.4. The van der Waals surface area contributed by atoms with Gasteiger partial charge in [-0.15, -0.1) is 0 Å². The van der Waals surface area contributed by atoms with E-state index in [2.05, 4.69) is 0 Å². The summed E-state index contributed by atoms with van der Waals surface area (Å²) in [7, 11) is 1.59. The Morgan fingerprint density at radius 3 is 2.37 bits per heavy atom. The maximum Gasteiger partial charge on any atom is 0.185 e. The van der Waals surface area contributed by atoms with Crippen LogP contribution < -0.4 is 9.47 Å². The first-order valence-corrected chi connectivity index (χ1v) is 8.86. The molecule has 0 aliphatic carbocycles. The third-order valence-corrected chi connectivity index (χ3v) is 4.27. The van der Waals surface area contributed by atoms with Gasteiger partial charge in [0.1, 0.15) is 18.1 Å². The quantitative estimate of drug-likeness (QED) is 0.383. The Balaban J connectivity index is 1.69. The summed E-state index contributed by atoms with van der Waals surface area (Å²) >= 11 is 5.90. The molecule has 0 saturated heterocycles. The average Bonchev–Trinajstić information content (AvgIpc) is 2.72. The summed E-state index contributed by atoms with van der Waals surface area (Å²) in [4.78, 5) is 12.4. The van der Waals surface area contributed by atoms with Crippen LogP contribution in [0.4, 0.5) is 0 Å². The monoisotopic (exact) mass is 378 g/mol. The molecular formula is C23H19ClO3. The standard InChI is InChI=1S/C23H19ClO3/c1-26-21-13-8-18(9-14-21)22(25)15-10-19-4-2-3-5-23(19)27-16-17-6-11-20(24)12-7-17/h2-15H,16H2,1H3/b15-10+. The number of halogens is 1. The number of rotatable bonds is 7. The Labute approximate surface area is 163 Å². The minimum atomic E-state index is -0.0786. The number of carbonyl (C=O) groups excluding carboxylic acids is 1. The summed E-state index contributed by atoms with van der Waals surface area (Å²) in [5.41, 5.74) is 2.47. The fourth-order valence-electron chi connectivity index (χ4n) is 2.51. The van der Waals surface area contributed by atoms with E-state index >= 15 is 0 Å². The summed E-state index contributed by atoms with van der Waals surface area (Å²) in [5, 5.41) is 0.694. The molecule has 0 saturated carbocycles. The Morgan fingerprint density at radius 2 is 1.67 bits per heavy atom. The van der Waals surface area contributed by atoms with Crippen LogP contribution in [0.3, 0.4) is 0 Å². The second-order valence-corrected chi connectivity index (χ2v) is 6.32.